The number of aliphatic carboxylic acids is 1. The van der Waals surface area contributed by atoms with Crippen molar-refractivity contribution in [3.05, 3.63) is 30.1 Å². The fraction of sp³-hybridized carbons (Fsp3) is 0.182. The summed E-state index contributed by atoms with van der Waals surface area (Å²) in [5, 5.41) is 14.9. The molecule has 1 aromatic rings. The summed E-state index contributed by atoms with van der Waals surface area (Å²) in [6, 6.07) is 4.54. The summed E-state index contributed by atoms with van der Waals surface area (Å²) in [7, 11) is 0. The molecule has 0 aliphatic heterocycles. The van der Waals surface area contributed by atoms with Gasteiger partial charge in [-0.05, 0) is 18.2 Å². The van der Waals surface area contributed by atoms with Crippen molar-refractivity contribution in [2.45, 2.75) is 0 Å². The molecular weight excluding hydrogens is 257 g/mol. The number of benzene rings is 1. The Morgan fingerprint density at radius 1 is 1.16 bits per heavy atom. The van der Waals surface area contributed by atoms with E-state index in [0.717, 1.165) is 6.07 Å². The van der Waals surface area contributed by atoms with Gasteiger partial charge in [-0.15, -0.1) is 0 Å². The van der Waals surface area contributed by atoms with Gasteiger partial charge in [-0.25, -0.2) is 9.18 Å². The van der Waals surface area contributed by atoms with Crippen molar-refractivity contribution in [2.24, 2.45) is 0 Å². The van der Waals surface area contributed by atoms with Gasteiger partial charge in [-0.2, -0.15) is 0 Å². The second kappa shape index (κ2) is 6.94. The van der Waals surface area contributed by atoms with Crippen LogP contribution in [0.15, 0.2) is 24.3 Å². The van der Waals surface area contributed by atoms with Crippen LogP contribution < -0.4 is 16.0 Å². The van der Waals surface area contributed by atoms with Crippen LogP contribution in [-0.2, 0) is 9.59 Å². The zero-order valence-electron chi connectivity index (χ0n) is 9.77. The van der Waals surface area contributed by atoms with Crippen molar-refractivity contribution >= 4 is 23.6 Å². The van der Waals surface area contributed by atoms with E-state index in [1.807, 2.05) is 0 Å². The van der Waals surface area contributed by atoms with Crippen molar-refractivity contribution in [1.29, 1.82) is 0 Å². The van der Waals surface area contributed by atoms with Gasteiger partial charge in [0.1, 0.15) is 12.4 Å². The molecule has 0 saturated carbocycles. The minimum Gasteiger partial charge on any atom is -0.480 e. The molecule has 7 nitrogen and oxygen atoms in total. The second-order valence-corrected chi connectivity index (χ2v) is 3.49. The third-order valence-corrected chi connectivity index (χ3v) is 1.93. The number of carbonyl (C=O) groups is 3. The molecule has 0 spiro atoms. The fourth-order valence-electron chi connectivity index (χ4n) is 1.14. The molecular formula is C11H12FN3O4. The Morgan fingerprint density at radius 3 is 2.53 bits per heavy atom. The van der Waals surface area contributed by atoms with E-state index >= 15 is 0 Å². The molecule has 0 bridgehead atoms. The Bertz CT molecular complexity index is 493. The lowest BCUT2D eigenvalue weighted by molar-refractivity contribution is -0.137. The average Bonchev–Trinajstić information content (AvgIpc) is 2.34. The maximum absolute atomic E-state index is 12.8. The standard InChI is InChI=1S/C11H12FN3O4/c12-7-2-1-3-8(4-7)15-11(19)14-5-9(16)13-6-10(17)18/h1-4H,5-6H2,(H,13,16)(H,17,18)(H2,14,15,19). The Morgan fingerprint density at radius 2 is 1.89 bits per heavy atom. The van der Waals surface area contributed by atoms with Gasteiger partial charge in [0, 0.05) is 5.69 Å². The van der Waals surface area contributed by atoms with Crippen LogP contribution in [0.1, 0.15) is 0 Å². The van der Waals surface area contributed by atoms with Gasteiger partial charge in [-0.1, -0.05) is 6.07 Å². The number of rotatable bonds is 5. The number of carbonyl (C=O) groups excluding carboxylic acids is 2. The van der Waals surface area contributed by atoms with E-state index in [1.54, 1.807) is 0 Å². The molecule has 0 atom stereocenters. The second-order valence-electron chi connectivity index (χ2n) is 3.49. The molecule has 0 radical (unpaired) electrons. The van der Waals surface area contributed by atoms with Crippen molar-refractivity contribution in [3.63, 3.8) is 0 Å². The molecule has 0 aromatic heterocycles. The van der Waals surface area contributed by atoms with Gasteiger partial charge in [0.15, 0.2) is 0 Å². The van der Waals surface area contributed by atoms with Crippen LogP contribution in [0.5, 0.6) is 0 Å². The van der Waals surface area contributed by atoms with Crippen LogP contribution in [0.4, 0.5) is 14.9 Å². The number of urea groups is 1. The predicted molar refractivity (Wildman–Crippen MR) is 64.1 cm³/mol. The van der Waals surface area contributed by atoms with E-state index in [4.69, 9.17) is 5.11 Å². The lowest BCUT2D eigenvalue weighted by Gasteiger charge is -2.07. The molecule has 0 aliphatic carbocycles. The normalized spacial score (nSPS) is 9.53. The van der Waals surface area contributed by atoms with E-state index in [1.165, 1.54) is 18.2 Å². The Labute approximate surface area is 107 Å². The third kappa shape index (κ3) is 6.01. The number of hydrogen-bond acceptors (Lipinski definition) is 3. The highest BCUT2D eigenvalue weighted by molar-refractivity contribution is 5.92. The number of nitrogens with one attached hydrogen (secondary N) is 3. The van der Waals surface area contributed by atoms with Crippen LogP contribution in [0, 0.1) is 5.82 Å². The molecule has 0 aliphatic rings. The zero-order valence-corrected chi connectivity index (χ0v) is 9.77. The molecule has 3 amide bonds. The van der Waals surface area contributed by atoms with Crippen molar-refractivity contribution in [2.75, 3.05) is 18.4 Å². The van der Waals surface area contributed by atoms with Gasteiger partial charge in [0.05, 0.1) is 6.54 Å². The Kier molecular flexibility index (Phi) is 5.27. The Balaban J connectivity index is 2.32. The minimum absolute atomic E-state index is 0.239. The largest absolute Gasteiger partial charge is 0.480 e. The van der Waals surface area contributed by atoms with E-state index in [9.17, 15) is 18.8 Å². The number of amides is 3. The number of anilines is 1. The first-order valence-corrected chi connectivity index (χ1v) is 5.26. The first-order valence-electron chi connectivity index (χ1n) is 5.26. The molecule has 0 unspecified atom stereocenters. The smallest absolute Gasteiger partial charge is 0.322 e. The monoisotopic (exact) mass is 269 g/mol. The molecule has 8 heteroatoms. The summed E-state index contributed by atoms with van der Waals surface area (Å²) in [6.07, 6.45) is 0. The highest BCUT2D eigenvalue weighted by atomic mass is 19.1. The summed E-state index contributed by atoms with van der Waals surface area (Å²) < 4.78 is 12.8. The number of hydrogen-bond donors (Lipinski definition) is 4. The highest BCUT2D eigenvalue weighted by Crippen LogP contribution is 2.08. The molecule has 1 rings (SSSR count). The van der Waals surface area contributed by atoms with Crippen molar-refractivity contribution in [1.82, 2.24) is 10.6 Å². The summed E-state index contributed by atoms with van der Waals surface area (Å²) in [4.78, 5) is 32.6. The topological polar surface area (TPSA) is 108 Å². The molecule has 102 valence electrons. The minimum atomic E-state index is -1.18. The van der Waals surface area contributed by atoms with Gasteiger partial charge >= 0.3 is 12.0 Å². The van der Waals surface area contributed by atoms with Gasteiger partial charge < -0.3 is 21.1 Å². The number of carboxylic acid groups (broad SMARTS) is 1. The third-order valence-electron chi connectivity index (χ3n) is 1.93. The fourth-order valence-corrected chi connectivity index (χ4v) is 1.14. The van der Waals surface area contributed by atoms with E-state index in [-0.39, 0.29) is 12.2 Å². The maximum atomic E-state index is 12.8. The molecule has 0 saturated heterocycles. The van der Waals surface area contributed by atoms with Gasteiger partial charge in [0.25, 0.3) is 0 Å². The lowest BCUT2D eigenvalue weighted by atomic mass is 10.3. The van der Waals surface area contributed by atoms with Gasteiger partial charge in [0.2, 0.25) is 5.91 Å². The molecule has 1 aromatic carbocycles. The van der Waals surface area contributed by atoms with Crippen LogP contribution in [0.25, 0.3) is 0 Å². The van der Waals surface area contributed by atoms with Crippen LogP contribution >= 0.6 is 0 Å². The molecule has 19 heavy (non-hydrogen) atoms. The van der Waals surface area contributed by atoms with E-state index < -0.39 is 30.3 Å². The Hall–Kier alpha value is -2.64. The highest BCUT2D eigenvalue weighted by Gasteiger charge is 2.07. The van der Waals surface area contributed by atoms with Crippen molar-refractivity contribution < 1.29 is 23.9 Å². The quantitative estimate of drug-likeness (QED) is 0.610. The summed E-state index contributed by atoms with van der Waals surface area (Å²) in [5.41, 5.74) is 0.239. The average molecular weight is 269 g/mol. The van der Waals surface area contributed by atoms with Crippen LogP contribution in [0.3, 0.4) is 0 Å². The maximum Gasteiger partial charge on any atom is 0.322 e. The SMILES string of the molecule is O=C(O)CNC(=O)CNC(=O)Nc1cccc(F)c1. The number of carboxylic acids is 1. The summed E-state index contributed by atoms with van der Waals surface area (Å²) >= 11 is 0. The van der Waals surface area contributed by atoms with Gasteiger partial charge in [-0.3, -0.25) is 9.59 Å². The summed E-state index contributed by atoms with van der Waals surface area (Å²) in [5.74, 6) is -2.33. The van der Waals surface area contributed by atoms with E-state index in [2.05, 4.69) is 16.0 Å². The predicted octanol–water partition coefficient (Wildman–Crippen LogP) is 0.148. The molecule has 0 fully saturated rings. The lowest BCUT2D eigenvalue weighted by Crippen LogP contribution is -2.40. The zero-order chi connectivity index (χ0) is 14.3. The van der Waals surface area contributed by atoms with Crippen LogP contribution in [0.2, 0.25) is 0 Å². The molecule has 4 N–H and O–H groups in total. The molecule has 0 heterocycles. The van der Waals surface area contributed by atoms with Crippen molar-refractivity contribution in [3.8, 4) is 0 Å². The van der Waals surface area contributed by atoms with Crippen LogP contribution in [-0.4, -0.2) is 36.1 Å². The number of halogens is 1. The van der Waals surface area contributed by atoms with E-state index in [0.29, 0.717) is 0 Å². The first-order chi connectivity index (χ1) is 8.97. The first kappa shape index (κ1) is 14.4. The summed E-state index contributed by atoms with van der Waals surface area (Å²) in [6.45, 7) is -0.902.